The van der Waals surface area contributed by atoms with E-state index in [1.54, 1.807) is 0 Å². The highest BCUT2D eigenvalue weighted by Crippen LogP contribution is 2.68. The highest BCUT2D eigenvalue weighted by molar-refractivity contribution is 7.81. The molecule has 0 spiro atoms. The van der Waals surface area contributed by atoms with Gasteiger partial charge in [-0.2, -0.15) is 16.8 Å². The van der Waals surface area contributed by atoms with Gasteiger partial charge in [0.2, 0.25) is 0 Å². The van der Waals surface area contributed by atoms with Crippen LogP contribution in [0.25, 0.3) is 0 Å². The van der Waals surface area contributed by atoms with E-state index < -0.39 is 33.0 Å². The number of rotatable bonds is 9. The van der Waals surface area contributed by atoms with Crippen molar-refractivity contribution in [2.45, 2.75) is 117 Å². The Labute approximate surface area is 224 Å². The van der Waals surface area contributed by atoms with E-state index in [9.17, 15) is 25.9 Å². The van der Waals surface area contributed by atoms with Crippen LogP contribution in [0, 0.1) is 52.3 Å². The van der Waals surface area contributed by atoms with Crippen LogP contribution in [0.1, 0.15) is 105 Å². The average Bonchev–Trinajstić information content (AvgIpc) is 3.10. The summed E-state index contributed by atoms with van der Waals surface area (Å²) in [6, 6.07) is 0. The first kappa shape index (κ1) is 29.7. The minimum absolute atomic E-state index is 0.218. The lowest BCUT2D eigenvalue weighted by Gasteiger charge is -2.62. The molecule has 0 heterocycles. The predicted octanol–water partition coefficient (Wildman–Crippen LogP) is 6.09. The third kappa shape index (κ3) is 6.24. The fourth-order valence-electron chi connectivity index (χ4n) is 9.78. The van der Waals surface area contributed by atoms with E-state index in [-0.39, 0.29) is 23.2 Å². The summed E-state index contributed by atoms with van der Waals surface area (Å²) < 4.78 is 75.7. The highest BCUT2D eigenvalue weighted by atomic mass is 32.3. The van der Waals surface area contributed by atoms with Gasteiger partial charge >= 0.3 is 20.8 Å². The quantitative estimate of drug-likeness (QED) is 0.322. The number of hydrogen-bond acceptors (Lipinski definition) is 6. The lowest BCUT2D eigenvalue weighted by Crippen LogP contribution is -2.59. The van der Waals surface area contributed by atoms with Gasteiger partial charge in [0.25, 0.3) is 0 Å². The van der Waals surface area contributed by atoms with E-state index >= 15 is 0 Å². The molecule has 216 valence electrons. The van der Waals surface area contributed by atoms with Crippen LogP contribution < -0.4 is 0 Å². The molecule has 8 nitrogen and oxygen atoms in total. The van der Waals surface area contributed by atoms with Crippen molar-refractivity contribution in [3.05, 3.63) is 0 Å². The normalized spacial score (nSPS) is 43.2. The van der Waals surface area contributed by atoms with Gasteiger partial charge in [-0.05, 0) is 104 Å². The number of hydrogen-bond donors (Lipinski definition) is 2. The second-order valence-corrected chi connectivity index (χ2v) is 15.8. The summed E-state index contributed by atoms with van der Waals surface area (Å²) >= 11 is 0. The molecular weight excluding hydrogens is 516 g/mol. The zero-order valence-electron chi connectivity index (χ0n) is 23.1. The smallest absolute Gasteiger partial charge is 0.264 e. The molecule has 0 radical (unpaired) electrons. The minimum atomic E-state index is -4.68. The second kappa shape index (κ2) is 10.6. The van der Waals surface area contributed by atoms with E-state index in [1.807, 2.05) is 0 Å². The molecule has 2 N–H and O–H groups in total. The molecule has 0 aromatic rings. The molecule has 0 amide bonds. The summed E-state index contributed by atoms with van der Waals surface area (Å²) in [5.74, 6) is 2.94. The van der Waals surface area contributed by atoms with Crippen molar-refractivity contribution in [1.29, 1.82) is 0 Å². The Hall–Kier alpha value is -0.260. The van der Waals surface area contributed by atoms with Gasteiger partial charge in [0.1, 0.15) is 0 Å². The maximum absolute atomic E-state index is 11.9. The molecule has 4 saturated carbocycles. The average molecular weight is 565 g/mol. The predicted molar refractivity (Wildman–Crippen MR) is 141 cm³/mol. The summed E-state index contributed by atoms with van der Waals surface area (Å²) in [4.78, 5) is 0. The van der Waals surface area contributed by atoms with Gasteiger partial charge in [-0.15, -0.1) is 0 Å². The Bertz CT molecular complexity index is 1030. The van der Waals surface area contributed by atoms with Crippen LogP contribution in [-0.2, 0) is 29.2 Å². The first-order valence-electron chi connectivity index (χ1n) is 14.3. The minimum Gasteiger partial charge on any atom is -0.264 e. The van der Waals surface area contributed by atoms with Crippen molar-refractivity contribution in [1.82, 2.24) is 0 Å². The molecule has 10 atom stereocenters. The standard InChI is InChI=1S/C27H48O8S2/c1-17(2)7-6-8-18(3)21-9-10-22-20-16-25(35-37(31,32)33)24-15-19(34-36(28,29)30)11-13-27(24,5)23(20)12-14-26(21,22)4/h17-25H,6-16H2,1-5H3,(H,28,29,30)(H,31,32,33)/t18-,19?,20+,21-,22+,23+,24?,25?,26-,27-/m1/s1. The molecule has 3 unspecified atom stereocenters. The van der Waals surface area contributed by atoms with E-state index in [4.69, 9.17) is 8.37 Å². The van der Waals surface area contributed by atoms with Gasteiger partial charge in [-0.3, -0.25) is 9.11 Å². The molecule has 37 heavy (non-hydrogen) atoms. The molecule has 4 aliphatic rings. The van der Waals surface area contributed by atoms with E-state index in [0.717, 1.165) is 25.2 Å². The Balaban J connectivity index is 1.58. The van der Waals surface area contributed by atoms with Gasteiger partial charge in [-0.1, -0.05) is 53.9 Å². The van der Waals surface area contributed by atoms with Gasteiger partial charge in [0, 0.05) is 0 Å². The van der Waals surface area contributed by atoms with Gasteiger partial charge in [-0.25, -0.2) is 8.37 Å². The summed E-state index contributed by atoms with van der Waals surface area (Å²) in [5, 5.41) is 0. The molecule has 10 heteroatoms. The third-order valence-electron chi connectivity index (χ3n) is 11.3. The molecule has 0 aromatic carbocycles. The van der Waals surface area contributed by atoms with Crippen molar-refractivity contribution in [3.8, 4) is 0 Å². The van der Waals surface area contributed by atoms with Gasteiger partial charge in [0.05, 0.1) is 12.2 Å². The van der Waals surface area contributed by atoms with Crippen LogP contribution in [-0.4, -0.2) is 38.1 Å². The molecule has 4 fully saturated rings. The first-order valence-corrected chi connectivity index (χ1v) is 17.1. The second-order valence-electron chi connectivity index (χ2n) is 13.7. The monoisotopic (exact) mass is 564 g/mol. The van der Waals surface area contributed by atoms with Gasteiger partial charge < -0.3 is 0 Å². The zero-order valence-corrected chi connectivity index (χ0v) is 24.8. The van der Waals surface area contributed by atoms with Gasteiger partial charge in [0.15, 0.2) is 0 Å². The SMILES string of the molecule is CC(C)CCC[C@@H](C)[C@H]1CC[C@H]2[C@@H]3CC(OS(=O)(=O)O)C4CC(OS(=O)(=O)O)CC[C@]4(C)[C@H]3CC[C@]12C. The van der Waals surface area contributed by atoms with Crippen molar-refractivity contribution in [3.63, 3.8) is 0 Å². The molecule has 4 aliphatic carbocycles. The lowest BCUT2D eigenvalue weighted by molar-refractivity contribution is -0.164. The Kier molecular flexibility index (Phi) is 8.53. The molecular formula is C27H48O8S2. The van der Waals surface area contributed by atoms with Crippen LogP contribution in [0.5, 0.6) is 0 Å². The van der Waals surface area contributed by atoms with Crippen molar-refractivity contribution in [2.75, 3.05) is 0 Å². The van der Waals surface area contributed by atoms with Crippen LogP contribution in [0.15, 0.2) is 0 Å². The summed E-state index contributed by atoms with van der Waals surface area (Å²) in [6.45, 7) is 11.6. The van der Waals surface area contributed by atoms with E-state index in [2.05, 4.69) is 34.6 Å². The highest BCUT2D eigenvalue weighted by Gasteiger charge is 2.63. The number of fused-ring (bicyclic) bond motifs is 5. The summed E-state index contributed by atoms with van der Waals surface area (Å²) in [6.07, 6.45) is 8.86. The molecule has 4 rings (SSSR count). The maximum Gasteiger partial charge on any atom is 0.397 e. The third-order valence-corrected chi connectivity index (χ3v) is 12.3. The Morgan fingerprint density at radius 1 is 0.784 bits per heavy atom. The van der Waals surface area contributed by atoms with E-state index in [0.29, 0.717) is 48.9 Å². The summed E-state index contributed by atoms with van der Waals surface area (Å²) in [5.41, 5.74) is -0.0326. The topological polar surface area (TPSA) is 127 Å². The van der Waals surface area contributed by atoms with Crippen molar-refractivity contribution >= 4 is 20.8 Å². The Morgan fingerprint density at radius 3 is 2.03 bits per heavy atom. The van der Waals surface area contributed by atoms with Crippen molar-refractivity contribution < 1.29 is 34.3 Å². The first-order chi connectivity index (χ1) is 17.0. The molecule has 0 bridgehead atoms. The van der Waals surface area contributed by atoms with Crippen molar-refractivity contribution in [2.24, 2.45) is 52.3 Å². The largest absolute Gasteiger partial charge is 0.397 e. The van der Waals surface area contributed by atoms with Crippen LogP contribution in [0.3, 0.4) is 0 Å². The molecule has 0 aliphatic heterocycles. The van der Waals surface area contributed by atoms with E-state index in [1.165, 1.54) is 25.7 Å². The van der Waals surface area contributed by atoms with Crippen LogP contribution >= 0.6 is 0 Å². The summed E-state index contributed by atoms with van der Waals surface area (Å²) in [7, 11) is -9.29. The Morgan fingerprint density at radius 2 is 1.41 bits per heavy atom. The zero-order chi connectivity index (χ0) is 27.4. The van der Waals surface area contributed by atoms with Crippen LogP contribution in [0.4, 0.5) is 0 Å². The molecule has 0 saturated heterocycles. The fourth-order valence-corrected chi connectivity index (χ4v) is 10.8. The maximum atomic E-state index is 11.9. The molecule has 0 aromatic heterocycles. The van der Waals surface area contributed by atoms with Crippen LogP contribution in [0.2, 0.25) is 0 Å². The fraction of sp³-hybridized carbons (Fsp3) is 1.00. The lowest BCUT2D eigenvalue weighted by atomic mass is 9.43.